The summed E-state index contributed by atoms with van der Waals surface area (Å²) in [4.78, 5) is 2.63. The summed E-state index contributed by atoms with van der Waals surface area (Å²) in [7, 11) is 0. The Morgan fingerprint density at radius 2 is 1.70 bits per heavy atom. The second-order valence-corrected chi connectivity index (χ2v) is 6.28. The van der Waals surface area contributed by atoms with Crippen LogP contribution in [-0.4, -0.2) is 35.7 Å². The van der Waals surface area contributed by atoms with Gasteiger partial charge in [0.05, 0.1) is 0 Å². The van der Waals surface area contributed by atoms with Crippen LogP contribution in [0.4, 0.5) is 0 Å². The van der Waals surface area contributed by atoms with Crippen molar-refractivity contribution in [3.8, 4) is 5.75 Å². The molecule has 2 atom stereocenters. The zero-order valence-electron chi connectivity index (χ0n) is 13.0. The van der Waals surface area contributed by atoms with Gasteiger partial charge in [-0.1, -0.05) is 26.0 Å². The number of phenols is 1. The first kappa shape index (κ1) is 15.3. The van der Waals surface area contributed by atoms with Crippen molar-refractivity contribution in [3.63, 3.8) is 0 Å². The standard InChI is InChI=1S/C17H28N2O/c1-13(2)17(19-10-4-5-11-19)12-18-14(3)15-6-8-16(20)9-7-15/h6-9,13-14,17-18,20H,4-5,10-12H2,1-3H3. The molecule has 0 radical (unpaired) electrons. The molecule has 3 nitrogen and oxygen atoms in total. The van der Waals surface area contributed by atoms with Crippen molar-refractivity contribution in [2.24, 2.45) is 5.92 Å². The van der Waals surface area contributed by atoms with Crippen molar-refractivity contribution in [1.29, 1.82) is 0 Å². The summed E-state index contributed by atoms with van der Waals surface area (Å²) in [6.07, 6.45) is 2.69. The minimum Gasteiger partial charge on any atom is -0.508 e. The second kappa shape index (κ2) is 7.09. The molecule has 0 amide bonds. The molecule has 0 aromatic heterocycles. The Bertz CT molecular complexity index is 396. The molecule has 0 aliphatic carbocycles. The van der Waals surface area contributed by atoms with E-state index in [-0.39, 0.29) is 0 Å². The molecule has 20 heavy (non-hydrogen) atoms. The molecule has 2 unspecified atom stereocenters. The van der Waals surface area contributed by atoms with Crippen molar-refractivity contribution in [1.82, 2.24) is 10.2 Å². The van der Waals surface area contributed by atoms with Crippen LogP contribution in [0, 0.1) is 5.92 Å². The van der Waals surface area contributed by atoms with Crippen LogP contribution in [0.3, 0.4) is 0 Å². The minimum absolute atomic E-state index is 0.319. The molecule has 0 bridgehead atoms. The molecule has 1 saturated heterocycles. The molecule has 1 aromatic rings. The van der Waals surface area contributed by atoms with Gasteiger partial charge < -0.3 is 10.4 Å². The van der Waals surface area contributed by atoms with Gasteiger partial charge in [-0.25, -0.2) is 0 Å². The lowest BCUT2D eigenvalue weighted by molar-refractivity contribution is 0.183. The Labute approximate surface area is 123 Å². The predicted molar refractivity (Wildman–Crippen MR) is 84.0 cm³/mol. The molecular weight excluding hydrogens is 248 g/mol. The fourth-order valence-electron chi connectivity index (χ4n) is 3.04. The number of phenolic OH excluding ortho intramolecular Hbond substituents is 1. The van der Waals surface area contributed by atoms with Gasteiger partial charge in [0.15, 0.2) is 0 Å². The molecule has 0 spiro atoms. The molecule has 1 fully saturated rings. The van der Waals surface area contributed by atoms with Crippen LogP contribution < -0.4 is 5.32 Å². The lowest BCUT2D eigenvalue weighted by atomic mass is 10.0. The summed E-state index contributed by atoms with van der Waals surface area (Å²) in [5.74, 6) is 1.01. The van der Waals surface area contributed by atoms with E-state index in [9.17, 15) is 5.11 Å². The van der Waals surface area contributed by atoms with E-state index in [0.717, 1.165) is 6.54 Å². The van der Waals surface area contributed by atoms with Crippen LogP contribution in [0.15, 0.2) is 24.3 Å². The summed E-state index contributed by atoms with van der Waals surface area (Å²) in [5.41, 5.74) is 1.23. The fourth-order valence-corrected chi connectivity index (χ4v) is 3.04. The first-order valence-electron chi connectivity index (χ1n) is 7.84. The zero-order valence-corrected chi connectivity index (χ0v) is 13.0. The summed E-state index contributed by atoms with van der Waals surface area (Å²) in [6, 6.07) is 8.44. The third kappa shape index (κ3) is 3.97. The van der Waals surface area contributed by atoms with Crippen LogP contribution in [0.1, 0.15) is 45.2 Å². The van der Waals surface area contributed by atoms with E-state index in [1.54, 1.807) is 12.1 Å². The van der Waals surface area contributed by atoms with E-state index in [1.165, 1.54) is 31.5 Å². The van der Waals surface area contributed by atoms with Gasteiger partial charge in [0.25, 0.3) is 0 Å². The van der Waals surface area contributed by atoms with Gasteiger partial charge in [-0.2, -0.15) is 0 Å². The van der Waals surface area contributed by atoms with E-state index in [0.29, 0.717) is 23.8 Å². The van der Waals surface area contributed by atoms with E-state index in [1.807, 2.05) is 12.1 Å². The highest BCUT2D eigenvalue weighted by Crippen LogP contribution is 2.20. The monoisotopic (exact) mass is 276 g/mol. The average Bonchev–Trinajstić information content (AvgIpc) is 2.93. The Hall–Kier alpha value is -1.06. The van der Waals surface area contributed by atoms with Crippen molar-refractivity contribution >= 4 is 0 Å². The third-order valence-corrected chi connectivity index (χ3v) is 4.41. The first-order valence-corrected chi connectivity index (χ1v) is 7.84. The summed E-state index contributed by atoms with van der Waals surface area (Å²) < 4.78 is 0. The largest absolute Gasteiger partial charge is 0.508 e. The van der Waals surface area contributed by atoms with Gasteiger partial charge in [-0.3, -0.25) is 4.90 Å². The van der Waals surface area contributed by atoms with Crippen LogP contribution in [0.25, 0.3) is 0 Å². The Morgan fingerprint density at radius 1 is 1.10 bits per heavy atom. The van der Waals surface area contributed by atoms with Crippen LogP contribution in [-0.2, 0) is 0 Å². The average molecular weight is 276 g/mol. The quantitative estimate of drug-likeness (QED) is 0.838. The molecule has 112 valence electrons. The van der Waals surface area contributed by atoms with E-state index in [2.05, 4.69) is 31.0 Å². The van der Waals surface area contributed by atoms with Crippen molar-refractivity contribution in [2.45, 2.75) is 45.7 Å². The first-order chi connectivity index (χ1) is 9.58. The zero-order chi connectivity index (χ0) is 14.5. The normalized spacial score (nSPS) is 19.4. The van der Waals surface area contributed by atoms with Gasteiger partial charge in [-0.05, 0) is 56.5 Å². The molecule has 1 aliphatic heterocycles. The maximum atomic E-state index is 9.35. The molecule has 3 heteroatoms. The van der Waals surface area contributed by atoms with Crippen molar-refractivity contribution in [2.75, 3.05) is 19.6 Å². The lowest BCUT2D eigenvalue weighted by Crippen LogP contribution is -2.44. The Kier molecular flexibility index (Phi) is 5.44. The predicted octanol–water partition coefficient (Wildman–Crippen LogP) is 3.16. The smallest absolute Gasteiger partial charge is 0.115 e. The van der Waals surface area contributed by atoms with Gasteiger partial charge in [0.2, 0.25) is 0 Å². The highest BCUT2D eigenvalue weighted by atomic mass is 16.3. The number of hydrogen-bond donors (Lipinski definition) is 2. The van der Waals surface area contributed by atoms with Crippen molar-refractivity contribution < 1.29 is 5.11 Å². The van der Waals surface area contributed by atoms with E-state index < -0.39 is 0 Å². The number of nitrogens with zero attached hydrogens (tertiary/aromatic N) is 1. The molecule has 2 rings (SSSR count). The maximum Gasteiger partial charge on any atom is 0.115 e. The van der Waals surface area contributed by atoms with Crippen LogP contribution in [0.2, 0.25) is 0 Å². The van der Waals surface area contributed by atoms with Gasteiger partial charge in [0, 0.05) is 18.6 Å². The highest BCUT2D eigenvalue weighted by molar-refractivity contribution is 5.27. The number of hydrogen-bond acceptors (Lipinski definition) is 3. The number of rotatable bonds is 6. The number of nitrogens with one attached hydrogen (secondary N) is 1. The van der Waals surface area contributed by atoms with E-state index >= 15 is 0 Å². The SMILES string of the molecule is CC(NCC(C(C)C)N1CCCC1)c1ccc(O)cc1. The van der Waals surface area contributed by atoms with Crippen molar-refractivity contribution in [3.05, 3.63) is 29.8 Å². The molecular formula is C17H28N2O. The number of benzene rings is 1. The van der Waals surface area contributed by atoms with Gasteiger partial charge in [0.1, 0.15) is 5.75 Å². The minimum atomic E-state index is 0.319. The summed E-state index contributed by atoms with van der Waals surface area (Å²) in [6.45, 7) is 10.3. The number of aromatic hydroxyl groups is 1. The fraction of sp³-hybridized carbons (Fsp3) is 0.647. The Balaban J connectivity index is 1.89. The molecule has 2 N–H and O–H groups in total. The lowest BCUT2D eigenvalue weighted by Gasteiger charge is -2.32. The van der Waals surface area contributed by atoms with Crippen LogP contribution >= 0.6 is 0 Å². The Morgan fingerprint density at radius 3 is 2.25 bits per heavy atom. The molecule has 0 saturated carbocycles. The molecule has 1 aromatic carbocycles. The van der Waals surface area contributed by atoms with Gasteiger partial charge in [-0.15, -0.1) is 0 Å². The second-order valence-electron chi connectivity index (χ2n) is 6.28. The molecule has 1 aliphatic rings. The third-order valence-electron chi connectivity index (χ3n) is 4.41. The highest BCUT2D eigenvalue weighted by Gasteiger charge is 2.24. The summed E-state index contributed by atoms with van der Waals surface area (Å²) in [5, 5.41) is 13.0. The summed E-state index contributed by atoms with van der Waals surface area (Å²) >= 11 is 0. The topological polar surface area (TPSA) is 35.5 Å². The van der Waals surface area contributed by atoms with Gasteiger partial charge >= 0.3 is 0 Å². The number of likely N-dealkylation sites (tertiary alicyclic amines) is 1. The molecule has 1 heterocycles. The van der Waals surface area contributed by atoms with Crippen LogP contribution in [0.5, 0.6) is 5.75 Å². The maximum absolute atomic E-state index is 9.35. The van der Waals surface area contributed by atoms with E-state index in [4.69, 9.17) is 0 Å².